The SMILES string of the molecule is CCCNC(=O)[C@H](Cc1ccccc1)N(Cc1c(Cl)cccc1Cl)C(=O)CN(c1cc(Cl)ccc1OC)S(C)(=O)=O. The number of nitrogens with zero attached hydrogens (tertiary/aromatic N) is 2. The van der Waals surface area contributed by atoms with Gasteiger partial charge in [-0.1, -0.05) is 78.1 Å². The number of ether oxygens (including phenoxy) is 1. The zero-order chi connectivity index (χ0) is 30.2. The third-order valence-corrected chi connectivity index (χ3v) is 8.37. The molecule has 0 saturated heterocycles. The van der Waals surface area contributed by atoms with Gasteiger partial charge in [-0.3, -0.25) is 13.9 Å². The van der Waals surface area contributed by atoms with E-state index in [9.17, 15) is 18.0 Å². The minimum atomic E-state index is -4.01. The largest absolute Gasteiger partial charge is 0.495 e. The topological polar surface area (TPSA) is 96.0 Å². The summed E-state index contributed by atoms with van der Waals surface area (Å²) in [5, 5.41) is 3.74. The van der Waals surface area contributed by atoms with Crippen molar-refractivity contribution in [3.63, 3.8) is 0 Å². The molecule has 12 heteroatoms. The second-order valence-electron chi connectivity index (χ2n) is 9.30. The molecule has 0 unspecified atom stereocenters. The highest BCUT2D eigenvalue weighted by Gasteiger charge is 2.34. The second kappa shape index (κ2) is 14.8. The van der Waals surface area contributed by atoms with E-state index in [4.69, 9.17) is 39.5 Å². The quantitative estimate of drug-likeness (QED) is 0.263. The van der Waals surface area contributed by atoms with E-state index >= 15 is 0 Å². The summed E-state index contributed by atoms with van der Waals surface area (Å²) in [6, 6.07) is 17.6. The van der Waals surface area contributed by atoms with Crippen LogP contribution < -0.4 is 14.4 Å². The van der Waals surface area contributed by atoms with Crippen LogP contribution in [0.15, 0.2) is 66.7 Å². The molecule has 0 heterocycles. The third-order valence-electron chi connectivity index (χ3n) is 6.30. The lowest BCUT2D eigenvalue weighted by molar-refractivity contribution is -0.140. The van der Waals surface area contributed by atoms with Crippen LogP contribution in [0.1, 0.15) is 24.5 Å². The number of rotatable bonds is 13. The number of sulfonamides is 1. The molecule has 1 N–H and O–H groups in total. The molecule has 0 aliphatic carbocycles. The summed E-state index contributed by atoms with van der Waals surface area (Å²) in [6.45, 7) is 1.54. The molecular formula is C29H32Cl3N3O5S. The van der Waals surface area contributed by atoms with Crippen molar-refractivity contribution in [2.75, 3.05) is 30.8 Å². The van der Waals surface area contributed by atoms with Gasteiger partial charge in [-0.15, -0.1) is 0 Å². The first-order chi connectivity index (χ1) is 19.5. The first-order valence-electron chi connectivity index (χ1n) is 12.8. The maximum atomic E-state index is 14.2. The Labute approximate surface area is 256 Å². The standard InChI is InChI=1S/C29H32Cl3N3O5S/c1-4-15-33-29(37)26(16-20-9-6-5-7-10-20)34(18-22-23(31)11-8-12-24(22)32)28(36)19-35(41(3,38)39)25-17-21(30)13-14-27(25)40-2/h5-14,17,26H,4,15-16,18-19H2,1-3H3,(H,33,37)/t26-/m0/s1. The fourth-order valence-electron chi connectivity index (χ4n) is 4.23. The molecule has 0 saturated carbocycles. The van der Waals surface area contributed by atoms with Crippen LogP contribution in [-0.2, 0) is 32.6 Å². The van der Waals surface area contributed by atoms with Gasteiger partial charge in [-0.2, -0.15) is 0 Å². The normalized spacial score (nSPS) is 12.0. The average molecular weight is 641 g/mol. The molecule has 0 spiro atoms. The van der Waals surface area contributed by atoms with Crippen LogP contribution in [0, 0.1) is 0 Å². The van der Waals surface area contributed by atoms with Gasteiger partial charge < -0.3 is 15.0 Å². The highest BCUT2D eigenvalue weighted by Crippen LogP contribution is 2.33. The Bertz CT molecular complexity index is 1450. The van der Waals surface area contributed by atoms with Gasteiger partial charge in [0.15, 0.2) is 0 Å². The molecule has 3 rings (SSSR count). The molecule has 3 aromatic carbocycles. The van der Waals surface area contributed by atoms with Crippen LogP contribution >= 0.6 is 34.8 Å². The van der Waals surface area contributed by atoms with Crippen LogP contribution in [-0.4, -0.2) is 57.6 Å². The molecular weight excluding hydrogens is 609 g/mol. The zero-order valence-corrected chi connectivity index (χ0v) is 26.0. The molecule has 220 valence electrons. The first-order valence-corrected chi connectivity index (χ1v) is 15.8. The minimum Gasteiger partial charge on any atom is -0.495 e. The van der Waals surface area contributed by atoms with Crippen molar-refractivity contribution in [3.05, 3.63) is 92.9 Å². The van der Waals surface area contributed by atoms with Gasteiger partial charge in [0, 0.05) is 40.1 Å². The lowest BCUT2D eigenvalue weighted by atomic mass is 10.0. The predicted octanol–water partition coefficient (Wildman–Crippen LogP) is 5.59. The summed E-state index contributed by atoms with van der Waals surface area (Å²) in [5.41, 5.74) is 1.32. The van der Waals surface area contributed by atoms with Crippen molar-refractivity contribution in [2.24, 2.45) is 0 Å². The van der Waals surface area contributed by atoms with Crippen LogP contribution in [0.4, 0.5) is 5.69 Å². The van der Waals surface area contributed by atoms with E-state index in [1.54, 1.807) is 24.3 Å². The Hall–Kier alpha value is -2.98. The Morgan fingerprint density at radius 1 is 0.976 bits per heavy atom. The number of halogens is 3. The van der Waals surface area contributed by atoms with Crippen LogP contribution in [0.5, 0.6) is 5.75 Å². The van der Waals surface area contributed by atoms with Gasteiger partial charge >= 0.3 is 0 Å². The molecule has 0 aliphatic rings. The molecule has 0 aliphatic heterocycles. The number of hydrogen-bond acceptors (Lipinski definition) is 5. The van der Waals surface area contributed by atoms with Gasteiger partial charge in [-0.05, 0) is 42.3 Å². The minimum absolute atomic E-state index is 0.0848. The van der Waals surface area contributed by atoms with E-state index in [0.29, 0.717) is 28.6 Å². The third kappa shape index (κ3) is 8.75. The fraction of sp³-hybridized carbons (Fsp3) is 0.310. The summed E-state index contributed by atoms with van der Waals surface area (Å²) in [4.78, 5) is 29.1. The van der Waals surface area contributed by atoms with E-state index in [1.165, 1.54) is 24.1 Å². The van der Waals surface area contributed by atoms with Crippen molar-refractivity contribution in [3.8, 4) is 5.75 Å². The van der Waals surface area contributed by atoms with Gasteiger partial charge in [-0.25, -0.2) is 8.42 Å². The summed E-state index contributed by atoms with van der Waals surface area (Å²) in [5.74, 6) is -0.839. The molecule has 0 fully saturated rings. The fourth-order valence-corrected chi connectivity index (χ4v) is 5.75. The van der Waals surface area contributed by atoms with Gasteiger partial charge in [0.2, 0.25) is 21.8 Å². The first kappa shape index (κ1) is 32.5. The van der Waals surface area contributed by atoms with E-state index in [1.807, 2.05) is 37.3 Å². The number of amides is 2. The van der Waals surface area contributed by atoms with E-state index in [0.717, 1.165) is 16.1 Å². The molecule has 8 nitrogen and oxygen atoms in total. The zero-order valence-electron chi connectivity index (χ0n) is 22.9. The van der Waals surface area contributed by atoms with Crippen molar-refractivity contribution in [1.29, 1.82) is 0 Å². The van der Waals surface area contributed by atoms with Crippen LogP contribution in [0.3, 0.4) is 0 Å². The molecule has 0 aromatic heterocycles. The van der Waals surface area contributed by atoms with Crippen molar-refractivity contribution >= 4 is 62.3 Å². The maximum Gasteiger partial charge on any atom is 0.244 e. The molecule has 0 radical (unpaired) electrons. The van der Waals surface area contributed by atoms with E-state index in [-0.39, 0.29) is 29.4 Å². The Kier molecular flexibility index (Phi) is 11.7. The number of hydrogen-bond donors (Lipinski definition) is 1. The van der Waals surface area contributed by atoms with Crippen molar-refractivity contribution < 1.29 is 22.7 Å². The number of anilines is 1. The molecule has 2 amide bonds. The summed E-state index contributed by atoms with van der Waals surface area (Å²) in [7, 11) is -2.63. The van der Waals surface area contributed by atoms with E-state index < -0.39 is 34.4 Å². The Balaban J connectivity index is 2.13. The number of benzene rings is 3. The Morgan fingerprint density at radius 2 is 1.63 bits per heavy atom. The predicted molar refractivity (Wildman–Crippen MR) is 164 cm³/mol. The van der Waals surface area contributed by atoms with Crippen LogP contribution in [0.2, 0.25) is 15.1 Å². The van der Waals surface area contributed by atoms with Gasteiger partial charge in [0.05, 0.1) is 19.1 Å². The van der Waals surface area contributed by atoms with Gasteiger partial charge in [0.25, 0.3) is 0 Å². The number of nitrogens with one attached hydrogen (secondary N) is 1. The number of methoxy groups -OCH3 is 1. The summed E-state index contributed by atoms with van der Waals surface area (Å²) >= 11 is 19.1. The maximum absolute atomic E-state index is 14.2. The van der Waals surface area contributed by atoms with Crippen molar-refractivity contribution in [1.82, 2.24) is 10.2 Å². The second-order valence-corrected chi connectivity index (χ2v) is 12.5. The number of carbonyl (C=O) groups is 2. The van der Waals surface area contributed by atoms with Crippen LogP contribution in [0.25, 0.3) is 0 Å². The monoisotopic (exact) mass is 639 g/mol. The molecule has 3 aromatic rings. The van der Waals surface area contributed by atoms with E-state index in [2.05, 4.69) is 5.32 Å². The van der Waals surface area contributed by atoms with Gasteiger partial charge in [0.1, 0.15) is 18.3 Å². The molecule has 1 atom stereocenters. The van der Waals surface area contributed by atoms with Crippen molar-refractivity contribution in [2.45, 2.75) is 32.4 Å². The lowest BCUT2D eigenvalue weighted by Crippen LogP contribution is -2.53. The average Bonchev–Trinajstić information content (AvgIpc) is 2.93. The highest BCUT2D eigenvalue weighted by molar-refractivity contribution is 7.92. The molecule has 41 heavy (non-hydrogen) atoms. The summed E-state index contributed by atoms with van der Waals surface area (Å²) in [6.07, 6.45) is 1.83. The smallest absolute Gasteiger partial charge is 0.244 e. The number of carbonyl (C=O) groups excluding carboxylic acids is 2. The lowest BCUT2D eigenvalue weighted by Gasteiger charge is -2.34. The highest BCUT2D eigenvalue weighted by atomic mass is 35.5. The Morgan fingerprint density at radius 3 is 2.22 bits per heavy atom. The summed E-state index contributed by atoms with van der Waals surface area (Å²) < 4.78 is 32.3. The molecule has 0 bridgehead atoms.